The zero-order valence-electron chi connectivity index (χ0n) is 10.3. The molecule has 0 spiro atoms. The zero-order chi connectivity index (χ0) is 12.4. The highest BCUT2D eigenvalue weighted by Crippen LogP contribution is 2.39. The molecule has 2 rings (SSSR count). The molecule has 1 aliphatic rings. The summed E-state index contributed by atoms with van der Waals surface area (Å²) in [6.07, 6.45) is 3.22. The number of halogens is 1. The molecule has 0 aliphatic heterocycles. The Hall–Kier alpha value is 0.1000. The van der Waals surface area contributed by atoms with Gasteiger partial charge in [-0.2, -0.15) is 0 Å². The molecular formula is C13H19BrO2S. The van der Waals surface area contributed by atoms with E-state index in [1.54, 1.807) is 11.3 Å². The van der Waals surface area contributed by atoms with Crippen LogP contribution >= 0.6 is 27.3 Å². The summed E-state index contributed by atoms with van der Waals surface area (Å²) < 4.78 is 6.66. The van der Waals surface area contributed by atoms with E-state index >= 15 is 0 Å². The van der Waals surface area contributed by atoms with E-state index in [4.69, 9.17) is 4.74 Å². The van der Waals surface area contributed by atoms with Crippen LogP contribution in [0.25, 0.3) is 0 Å². The summed E-state index contributed by atoms with van der Waals surface area (Å²) in [5, 5.41) is 10.2. The van der Waals surface area contributed by atoms with E-state index in [0.29, 0.717) is 12.0 Å². The molecule has 2 nitrogen and oxygen atoms in total. The first-order valence-electron chi connectivity index (χ1n) is 6.15. The van der Waals surface area contributed by atoms with Gasteiger partial charge in [0.15, 0.2) is 0 Å². The summed E-state index contributed by atoms with van der Waals surface area (Å²) >= 11 is 5.14. The molecule has 1 aliphatic carbocycles. The van der Waals surface area contributed by atoms with Crippen molar-refractivity contribution in [3.63, 3.8) is 0 Å². The maximum absolute atomic E-state index is 10.2. The Balaban J connectivity index is 1.80. The van der Waals surface area contributed by atoms with Crippen molar-refractivity contribution < 1.29 is 9.84 Å². The van der Waals surface area contributed by atoms with Crippen molar-refractivity contribution in [2.75, 3.05) is 6.61 Å². The SMILES string of the molecule is CCOC1CC(CC(O)c2cc(C)c(Br)s2)C1. The average Bonchev–Trinajstić information content (AvgIpc) is 2.56. The Labute approximate surface area is 115 Å². The molecule has 0 bridgehead atoms. The van der Waals surface area contributed by atoms with Crippen molar-refractivity contribution in [1.29, 1.82) is 0 Å². The van der Waals surface area contributed by atoms with Gasteiger partial charge >= 0.3 is 0 Å². The van der Waals surface area contributed by atoms with E-state index in [1.165, 1.54) is 5.56 Å². The summed E-state index contributed by atoms with van der Waals surface area (Å²) in [5.74, 6) is 0.628. The van der Waals surface area contributed by atoms with Crippen LogP contribution in [0.4, 0.5) is 0 Å². The maximum atomic E-state index is 10.2. The van der Waals surface area contributed by atoms with E-state index in [9.17, 15) is 5.11 Å². The molecule has 1 saturated carbocycles. The van der Waals surface area contributed by atoms with Crippen LogP contribution in [0.3, 0.4) is 0 Å². The predicted molar refractivity (Wildman–Crippen MR) is 74.5 cm³/mol. The van der Waals surface area contributed by atoms with Crippen molar-refractivity contribution in [2.24, 2.45) is 5.92 Å². The fraction of sp³-hybridized carbons (Fsp3) is 0.692. The topological polar surface area (TPSA) is 29.5 Å². The van der Waals surface area contributed by atoms with Gasteiger partial charge in [-0.3, -0.25) is 0 Å². The van der Waals surface area contributed by atoms with E-state index in [1.807, 2.05) is 6.92 Å². The molecule has 1 unspecified atom stereocenters. The summed E-state index contributed by atoms with van der Waals surface area (Å²) in [7, 11) is 0. The van der Waals surface area contributed by atoms with E-state index in [0.717, 1.165) is 34.5 Å². The lowest BCUT2D eigenvalue weighted by Gasteiger charge is -2.35. The van der Waals surface area contributed by atoms with Crippen molar-refractivity contribution in [3.05, 3.63) is 20.3 Å². The van der Waals surface area contributed by atoms with Crippen LogP contribution in [0, 0.1) is 12.8 Å². The lowest BCUT2D eigenvalue weighted by atomic mass is 9.78. The number of hydrogen-bond acceptors (Lipinski definition) is 3. The van der Waals surface area contributed by atoms with Gasteiger partial charge in [-0.15, -0.1) is 11.3 Å². The van der Waals surface area contributed by atoms with Crippen LogP contribution in [0.1, 0.15) is 42.7 Å². The Morgan fingerprint density at radius 1 is 1.59 bits per heavy atom. The maximum Gasteiger partial charge on any atom is 0.0885 e. The predicted octanol–water partition coefficient (Wildman–Crippen LogP) is 4.06. The second kappa shape index (κ2) is 5.83. The Morgan fingerprint density at radius 3 is 2.82 bits per heavy atom. The smallest absolute Gasteiger partial charge is 0.0885 e. The molecule has 1 fully saturated rings. The van der Waals surface area contributed by atoms with Crippen LogP contribution in [-0.4, -0.2) is 17.8 Å². The quantitative estimate of drug-likeness (QED) is 0.887. The third-order valence-electron chi connectivity index (χ3n) is 3.36. The number of hydrogen-bond donors (Lipinski definition) is 1. The molecule has 96 valence electrons. The average molecular weight is 319 g/mol. The van der Waals surface area contributed by atoms with Gasteiger partial charge in [-0.1, -0.05) is 0 Å². The number of ether oxygens (including phenoxy) is 1. The standard InChI is InChI=1S/C13H19BrO2S/c1-3-16-10-5-9(6-10)7-11(15)12-4-8(2)13(14)17-12/h4,9-11,15H,3,5-7H2,1-2H3. The van der Waals surface area contributed by atoms with Crippen LogP contribution < -0.4 is 0 Å². The van der Waals surface area contributed by atoms with Crippen LogP contribution in [-0.2, 0) is 4.74 Å². The van der Waals surface area contributed by atoms with Gasteiger partial charge in [-0.25, -0.2) is 0 Å². The minimum Gasteiger partial charge on any atom is -0.388 e. The summed E-state index contributed by atoms with van der Waals surface area (Å²) in [6, 6.07) is 2.08. The van der Waals surface area contributed by atoms with Gasteiger partial charge in [0, 0.05) is 11.5 Å². The molecule has 0 aromatic carbocycles. The first-order valence-corrected chi connectivity index (χ1v) is 7.76. The fourth-order valence-corrected chi connectivity index (χ4v) is 3.89. The van der Waals surface area contributed by atoms with Crippen LogP contribution in [0.15, 0.2) is 9.85 Å². The van der Waals surface area contributed by atoms with E-state index in [2.05, 4.69) is 28.9 Å². The van der Waals surface area contributed by atoms with E-state index in [-0.39, 0.29) is 6.10 Å². The molecular weight excluding hydrogens is 300 g/mol. The second-order valence-electron chi connectivity index (χ2n) is 4.77. The third-order valence-corrected chi connectivity index (χ3v) is 5.59. The summed E-state index contributed by atoms with van der Waals surface area (Å²) in [5.41, 5.74) is 1.21. The molecule has 1 aromatic heterocycles. The fourth-order valence-electron chi connectivity index (χ4n) is 2.32. The van der Waals surface area contributed by atoms with Crippen molar-refractivity contribution in [3.8, 4) is 0 Å². The number of aryl methyl sites for hydroxylation is 1. The Morgan fingerprint density at radius 2 is 2.29 bits per heavy atom. The molecule has 17 heavy (non-hydrogen) atoms. The van der Waals surface area contributed by atoms with Gasteiger partial charge in [0.1, 0.15) is 0 Å². The van der Waals surface area contributed by atoms with Crippen LogP contribution in [0.2, 0.25) is 0 Å². The van der Waals surface area contributed by atoms with Crippen molar-refractivity contribution in [2.45, 2.75) is 45.3 Å². The summed E-state index contributed by atoms with van der Waals surface area (Å²) in [4.78, 5) is 1.08. The van der Waals surface area contributed by atoms with Crippen molar-refractivity contribution in [1.82, 2.24) is 0 Å². The number of aliphatic hydroxyl groups is 1. The Kier molecular flexibility index (Phi) is 4.64. The molecule has 0 radical (unpaired) electrons. The Bertz CT molecular complexity index is 352. The number of thiophene rings is 1. The van der Waals surface area contributed by atoms with Gasteiger partial charge < -0.3 is 9.84 Å². The monoisotopic (exact) mass is 318 g/mol. The minimum atomic E-state index is -0.308. The first-order chi connectivity index (χ1) is 8.10. The second-order valence-corrected chi connectivity index (χ2v) is 7.17. The normalized spacial score (nSPS) is 25.6. The number of rotatable bonds is 5. The van der Waals surface area contributed by atoms with Gasteiger partial charge in [0.05, 0.1) is 16.0 Å². The summed E-state index contributed by atoms with van der Waals surface area (Å²) in [6.45, 7) is 4.90. The lowest BCUT2D eigenvalue weighted by Crippen LogP contribution is -2.32. The molecule has 4 heteroatoms. The number of aliphatic hydroxyl groups excluding tert-OH is 1. The molecule has 1 N–H and O–H groups in total. The molecule has 0 saturated heterocycles. The zero-order valence-corrected chi connectivity index (χ0v) is 12.7. The first kappa shape index (κ1) is 13.5. The minimum absolute atomic E-state index is 0.308. The highest BCUT2D eigenvalue weighted by Gasteiger charge is 2.31. The lowest BCUT2D eigenvalue weighted by molar-refractivity contribution is -0.0377. The molecule has 0 amide bonds. The molecule has 1 heterocycles. The van der Waals surface area contributed by atoms with E-state index < -0.39 is 0 Å². The van der Waals surface area contributed by atoms with Gasteiger partial charge in [0.25, 0.3) is 0 Å². The third kappa shape index (κ3) is 3.31. The largest absolute Gasteiger partial charge is 0.388 e. The van der Waals surface area contributed by atoms with Gasteiger partial charge in [-0.05, 0) is 66.6 Å². The van der Waals surface area contributed by atoms with Crippen LogP contribution in [0.5, 0.6) is 0 Å². The highest BCUT2D eigenvalue weighted by molar-refractivity contribution is 9.11. The van der Waals surface area contributed by atoms with Crippen molar-refractivity contribution >= 4 is 27.3 Å². The molecule has 1 atom stereocenters. The van der Waals surface area contributed by atoms with Gasteiger partial charge in [0.2, 0.25) is 0 Å². The highest BCUT2D eigenvalue weighted by atomic mass is 79.9. The molecule has 1 aromatic rings.